The average molecular weight is 256 g/mol. The molecule has 0 aromatic rings. The summed E-state index contributed by atoms with van der Waals surface area (Å²) in [7, 11) is 2.24. The Kier molecular flexibility index (Phi) is 6.61. The lowest BCUT2D eigenvalue weighted by Crippen LogP contribution is -2.46. The summed E-state index contributed by atoms with van der Waals surface area (Å²) in [6.45, 7) is 14.4. The highest BCUT2D eigenvalue weighted by Crippen LogP contribution is 2.19. The molecule has 0 amide bonds. The van der Waals surface area contributed by atoms with E-state index in [0.717, 1.165) is 32.8 Å². The van der Waals surface area contributed by atoms with Crippen LogP contribution in [-0.4, -0.2) is 50.8 Å². The lowest BCUT2D eigenvalue weighted by molar-refractivity contribution is 0.155. The van der Waals surface area contributed by atoms with E-state index in [9.17, 15) is 0 Å². The van der Waals surface area contributed by atoms with Gasteiger partial charge >= 0.3 is 0 Å². The van der Waals surface area contributed by atoms with Crippen LogP contribution >= 0.6 is 0 Å². The number of nitrogens with zero attached hydrogens (tertiary/aromatic N) is 1. The average Bonchev–Trinajstić information content (AvgIpc) is 2.74. The van der Waals surface area contributed by atoms with E-state index in [1.807, 2.05) is 0 Å². The smallest absolute Gasteiger partial charge is 0.0510 e. The first kappa shape index (κ1) is 15.9. The SMILES string of the molecule is CCCNC(CN(C)CC(C)(C)C)C1CCOC1. The van der Waals surface area contributed by atoms with Gasteiger partial charge in [-0.2, -0.15) is 0 Å². The van der Waals surface area contributed by atoms with E-state index in [4.69, 9.17) is 4.74 Å². The highest BCUT2D eigenvalue weighted by molar-refractivity contribution is 4.82. The van der Waals surface area contributed by atoms with Crippen molar-refractivity contribution in [1.82, 2.24) is 10.2 Å². The molecule has 1 heterocycles. The summed E-state index contributed by atoms with van der Waals surface area (Å²) < 4.78 is 5.54. The van der Waals surface area contributed by atoms with E-state index >= 15 is 0 Å². The second kappa shape index (κ2) is 7.46. The summed E-state index contributed by atoms with van der Waals surface area (Å²) in [6.07, 6.45) is 2.41. The summed E-state index contributed by atoms with van der Waals surface area (Å²) in [5.41, 5.74) is 0.371. The highest BCUT2D eigenvalue weighted by atomic mass is 16.5. The quantitative estimate of drug-likeness (QED) is 0.757. The molecule has 0 saturated carbocycles. The van der Waals surface area contributed by atoms with Gasteiger partial charge in [-0.1, -0.05) is 27.7 Å². The Morgan fingerprint density at radius 2 is 2.11 bits per heavy atom. The maximum absolute atomic E-state index is 5.54. The number of likely N-dealkylation sites (N-methyl/N-ethyl adjacent to an activating group) is 1. The molecular weight excluding hydrogens is 224 g/mol. The molecule has 18 heavy (non-hydrogen) atoms. The number of hydrogen-bond donors (Lipinski definition) is 1. The number of nitrogens with one attached hydrogen (secondary N) is 1. The van der Waals surface area contributed by atoms with E-state index in [-0.39, 0.29) is 0 Å². The Labute approximate surface area is 113 Å². The number of rotatable bonds is 7. The normalized spacial score (nSPS) is 22.7. The molecule has 0 radical (unpaired) electrons. The van der Waals surface area contributed by atoms with Gasteiger partial charge in [-0.15, -0.1) is 0 Å². The van der Waals surface area contributed by atoms with Gasteiger partial charge in [0.25, 0.3) is 0 Å². The van der Waals surface area contributed by atoms with Crippen LogP contribution in [0.1, 0.15) is 40.5 Å². The molecular formula is C15H32N2O. The van der Waals surface area contributed by atoms with Crippen molar-refractivity contribution < 1.29 is 4.74 Å². The summed E-state index contributed by atoms with van der Waals surface area (Å²) in [6, 6.07) is 0.583. The molecule has 0 aliphatic carbocycles. The Morgan fingerprint density at radius 3 is 2.61 bits per heavy atom. The van der Waals surface area contributed by atoms with Crippen LogP contribution < -0.4 is 5.32 Å². The largest absolute Gasteiger partial charge is 0.381 e. The topological polar surface area (TPSA) is 24.5 Å². The van der Waals surface area contributed by atoms with Crippen molar-refractivity contribution in [2.24, 2.45) is 11.3 Å². The highest BCUT2D eigenvalue weighted by Gasteiger charge is 2.27. The lowest BCUT2D eigenvalue weighted by atomic mass is 9.94. The second-order valence-electron chi connectivity index (χ2n) is 6.94. The Hall–Kier alpha value is -0.120. The molecule has 0 bridgehead atoms. The van der Waals surface area contributed by atoms with Gasteiger partial charge in [0.1, 0.15) is 0 Å². The van der Waals surface area contributed by atoms with Crippen LogP contribution in [0.5, 0.6) is 0 Å². The third-order valence-corrected chi connectivity index (χ3v) is 3.44. The maximum atomic E-state index is 5.54. The maximum Gasteiger partial charge on any atom is 0.0510 e. The van der Waals surface area contributed by atoms with Gasteiger partial charge in [0.2, 0.25) is 0 Å². The fraction of sp³-hybridized carbons (Fsp3) is 1.00. The van der Waals surface area contributed by atoms with Gasteiger partial charge in [0, 0.05) is 31.7 Å². The van der Waals surface area contributed by atoms with Crippen LogP contribution in [-0.2, 0) is 4.74 Å². The van der Waals surface area contributed by atoms with E-state index in [1.54, 1.807) is 0 Å². The molecule has 1 rings (SSSR count). The summed E-state index contributed by atoms with van der Waals surface area (Å²) in [5.74, 6) is 0.693. The van der Waals surface area contributed by atoms with Crippen molar-refractivity contribution in [1.29, 1.82) is 0 Å². The standard InChI is InChI=1S/C15H32N2O/c1-6-8-16-14(13-7-9-18-11-13)10-17(5)12-15(2,3)4/h13-14,16H,6-12H2,1-5H3. The van der Waals surface area contributed by atoms with Gasteiger partial charge < -0.3 is 15.0 Å². The third kappa shape index (κ3) is 6.17. The molecule has 2 atom stereocenters. The zero-order valence-electron chi connectivity index (χ0n) is 13.0. The fourth-order valence-electron chi connectivity index (χ4n) is 2.79. The lowest BCUT2D eigenvalue weighted by Gasteiger charge is -2.32. The summed E-state index contributed by atoms with van der Waals surface area (Å²) >= 11 is 0. The van der Waals surface area contributed by atoms with Crippen molar-refractivity contribution in [2.45, 2.75) is 46.6 Å². The molecule has 1 fully saturated rings. The second-order valence-corrected chi connectivity index (χ2v) is 6.94. The van der Waals surface area contributed by atoms with Gasteiger partial charge in [0.05, 0.1) is 6.61 Å². The van der Waals surface area contributed by atoms with Crippen molar-refractivity contribution in [3.63, 3.8) is 0 Å². The van der Waals surface area contributed by atoms with E-state index in [1.165, 1.54) is 12.8 Å². The first-order valence-electron chi connectivity index (χ1n) is 7.42. The van der Waals surface area contributed by atoms with Crippen LogP contribution in [0.25, 0.3) is 0 Å². The van der Waals surface area contributed by atoms with Crippen molar-refractivity contribution >= 4 is 0 Å². The van der Waals surface area contributed by atoms with Crippen LogP contribution in [0.4, 0.5) is 0 Å². The fourth-order valence-corrected chi connectivity index (χ4v) is 2.79. The molecule has 3 heteroatoms. The van der Waals surface area contributed by atoms with Crippen LogP contribution in [0.15, 0.2) is 0 Å². The first-order chi connectivity index (χ1) is 8.42. The predicted octanol–water partition coefficient (Wildman–Crippen LogP) is 2.37. The molecule has 1 aliphatic heterocycles. The molecule has 0 aromatic heterocycles. The molecule has 3 nitrogen and oxygen atoms in total. The van der Waals surface area contributed by atoms with Crippen LogP contribution in [0, 0.1) is 11.3 Å². The molecule has 2 unspecified atom stereocenters. The van der Waals surface area contributed by atoms with E-state index in [2.05, 4.69) is 45.0 Å². The zero-order valence-corrected chi connectivity index (χ0v) is 13.0. The zero-order chi connectivity index (χ0) is 13.6. The molecule has 1 N–H and O–H groups in total. The molecule has 1 saturated heterocycles. The molecule has 1 aliphatic rings. The minimum Gasteiger partial charge on any atom is -0.381 e. The Morgan fingerprint density at radius 1 is 1.39 bits per heavy atom. The van der Waals surface area contributed by atoms with Crippen LogP contribution in [0.3, 0.4) is 0 Å². The summed E-state index contributed by atoms with van der Waals surface area (Å²) in [4.78, 5) is 2.46. The number of ether oxygens (including phenoxy) is 1. The van der Waals surface area contributed by atoms with Crippen LogP contribution in [0.2, 0.25) is 0 Å². The third-order valence-electron chi connectivity index (χ3n) is 3.44. The summed E-state index contributed by atoms with van der Waals surface area (Å²) in [5, 5.41) is 3.71. The predicted molar refractivity (Wildman–Crippen MR) is 78.0 cm³/mol. The first-order valence-corrected chi connectivity index (χ1v) is 7.42. The minimum atomic E-state index is 0.371. The van der Waals surface area contributed by atoms with Gasteiger partial charge in [0.15, 0.2) is 0 Å². The molecule has 108 valence electrons. The Bertz CT molecular complexity index is 219. The van der Waals surface area contributed by atoms with E-state index < -0.39 is 0 Å². The Balaban J connectivity index is 2.43. The molecule has 0 aromatic carbocycles. The van der Waals surface area contributed by atoms with Gasteiger partial charge in [-0.3, -0.25) is 0 Å². The van der Waals surface area contributed by atoms with Gasteiger partial charge in [-0.25, -0.2) is 0 Å². The minimum absolute atomic E-state index is 0.371. The van der Waals surface area contributed by atoms with Crippen molar-refractivity contribution in [3.8, 4) is 0 Å². The van der Waals surface area contributed by atoms with Gasteiger partial charge in [-0.05, 0) is 31.8 Å². The monoisotopic (exact) mass is 256 g/mol. The van der Waals surface area contributed by atoms with Crippen molar-refractivity contribution in [2.75, 3.05) is 39.9 Å². The van der Waals surface area contributed by atoms with E-state index in [0.29, 0.717) is 17.4 Å². The number of hydrogen-bond acceptors (Lipinski definition) is 3. The van der Waals surface area contributed by atoms with Crippen molar-refractivity contribution in [3.05, 3.63) is 0 Å². The molecule has 0 spiro atoms.